The Morgan fingerprint density at radius 2 is 2.00 bits per heavy atom. The standard InChI is InChI=1S/C21H18N6O6/c1-33-15-8-3-2-7-14(15)23-21-25-18-17(20(30)26-21)13(10-16(28)24-18)19(29)22-11-5-4-6-12(9-11)27(31)32/h2-9,13H,10H2,1H3,(H,22,29)(H3,23,24,25,26,28,30). The first-order valence-corrected chi connectivity index (χ1v) is 9.75. The number of nitro benzene ring substituents is 1. The van der Waals surface area contributed by atoms with E-state index in [1.165, 1.54) is 31.4 Å². The summed E-state index contributed by atoms with van der Waals surface area (Å²) in [7, 11) is 1.49. The van der Waals surface area contributed by atoms with E-state index in [4.69, 9.17) is 4.74 Å². The largest absolute Gasteiger partial charge is 0.495 e. The first-order chi connectivity index (χ1) is 15.9. The summed E-state index contributed by atoms with van der Waals surface area (Å²) in [5, 5.41) is 18.9. The molecule has 33 heavy (non-hydrogen) atoms. The third-order valence-corrected chi connectivity index (χ3v) is 4.95. The number of hydrogen-bond acceptors (Lipinski definition) is 8. The SMILES string of the molecule is COc1ccccc1Nc1nc2c(c(=O)[nH]1)C(C(=O)Nc1cccc([N+](=O)[O-])c1)CC(=O)N2. The molecular weight excluding hydrogens is 432 g/mol. The maximum Gasteiger partial charge on any atom is 0.271 e. The van der Waals surface area contributed by atoms with Crippen LogP contribution in [0.1, 0.15) is 17.9 Å². The highest BCUT2D eigenvalue weighted by Crippen LogP contribution is 2.31. The molecule has 0 spiro atoms. The van der Waals surface area contributed by atoms with Crippen molar-refractivity contribution < 1.29 is 19.2 Å². The normalized spacial score (nSPS) is 14.6. The highest BCUT2D eigenvalue weighted by atomic mass is 16.6. The molecule has 1 atom stereocenters. The molecule has 168 valence electrons. The number of carbonyl (C=O) groups is 2. The Bertz CT molecular complexity index is 1320. The second-order valence-electron chi connectivity index (χ2n) is 7.10. The topological polar surface area (TPSA) is 168 Å². The molecule has 0 radical (unpaired) electrons. The van der Waals surface area contributed by atoms with Crippen molar-refractivity contribution in [2.24, 2.45) is 0 Å². The number of hydrogen-bond donors (Lipinski definition) is 4. The number of H-pyrrole nitrogens is 1. The second kappa shape index (κ2) is 8.78. The molecular formula is C21H18N6O6. The molecule has 0 saturated carbocycles. The number of ether oxygens (including phenoxy) is 1. The summed E-state index contributed by atoms with van der Waals surface area (Å²) in [5.41, 5.74) is -0.133. The van der Waals surface area contributed by atoms with Crippen LogP contribution in [0, 0.1) is 10.1 Å². The molecule has 1 aliphatic rings. The van der Waals surface area contributed by atoms with Gasteiger partial charge in [-0.3, -0.25) is 29.5 Å². The molecule has 0 aliphatic carbocycles. The number of amides is 2. The minimum atomic E-state index is -1.13. The molecule has 0 fully saturated rings. The van der Waals surface area contributed by atoms with E-state index in [0.717, 1.165) is 0 Å². The molecule has 2 amide bonds. The first kappa shape index (κ1) is 21.5. The van der Waals surface area contributed by atoms with Gasteiger partial charge >= 0.3 is 0 Å². The summed E-state index contributed by atoms with van der Waals surface area (Å²) in [6, 6.07) is 12.3. The van der Waals surface area contributed by atoms with Gasteiger partial charge in [0.25, 0.3) is 11.2 Å². The third kappa shape index (κ3) is 4.49. The summed E-state index contributed by atoms with van der Waals surface area (Å²) in [4.78, 5) is 55.2. The maximum atomic E-state index is 12.9. The van der Waals surface area contributed by atoms with Gasteiger partial charge in [-0.2, -0.15) is 4.98 Å². The van der Waals surface area contributed by atoms with Crippen LogP contribution in [-0.4, -0.2) is 33.8 Å². The van der Waals surface area contributed by atoms with Crippen LogP contribution in [0.25, 0.3) is 0 Å². The zero-order valence-corrected chi connectivity index (χ0v) is 17.2. The summed E-state index contributed by atoms with van der Waals surface area (Å²) < 4.78 is 5.26. The number of rotatable bonds is 6. The van der Waals surface area contributed by atoms with Crippen molar-refractivity contribution in [1.82, 2.24) is 9.97 Å². The number of benzene rings is 2. The summed E-state index contributed by atoms with van der Waals surface area (Å²) >= 11 is 0. The Labute approximate surface area is 186 Å². The van der Waals surface area contributed by atoms with E-state index in [0.29, 0.717) is 11.4 Å². The average molecular weight is 450 g/mol. The Morgan fingerprint density at radius 1 is 1.21 bits per heavy atom. The number of nitrogens with one attached hydrogen (secondary N) is 4. The smallest absolute Gasteiger partial charge is 0.271 e. The Hall–Kier alpha value is -4.74. The quantitative estimate of drug-likeness (QED) is 0.328. The molecule has 1 aliphatic heterocycles. The summed E-state index contributed by atoms with van der Waals surface area (Å²) in [6.45, 7) is 0. The number of aromatic amines is 1. The van der Waals surface area contributed by atoms with E-state index in [-0.39, 0.29) is 35.1 Å². The minimum absolute atomic E-state index is 0.0110. The minimum Gasteiger partial charge on any atom is -0.495 e. The first-order valence-electron chi connectivity index (χ1n) is 9.75. The number of nitro groups is 1. The van der Waals surface area contributed by atoms with Crippen molar-refractivity contribution in [2.75, 3.05) is 23.1 Å². The van der Waals surface area contributed by atoms with E-state index >= 15 is 0 Å². The number of non-ortho nitro benzene ring substituents is 1. The van der Waals surface area contributed by atoms with Crippen molar-refractivity contribution in [3.05, 3.63) is 74.6 Å². The number of aromatic nitrogens is 2. The molecule has 0 saturated heterocycles. The molecule has 3 aromatic rings. The molecule has 1 aromatic heterocycles. The Morgan fingerprint density at radius 3 is 2.76 bits per heavy atom. The van der Waals surface area contributed by atoms with Crippen LogP contribution in [0.4, 0.5) is 28.8 Å². The maximum absolute atomic E-state index is 12.9. The molecule has 4 N–H and O–H groups in total. The van der Waals surface area contributed by atoms with E-state index in [1.54, 1.807) is 24.3 Å². The number of anilines is 4. The van der Waals surface area contributed by atoms with E-state index in [1.807, 2.05) is 0 Å². The Kier molecular flexibility index (Phi) is 5.72. The van der Waals surface area contributed by atoms with Crippen molar-refractivity contribution in [2.45, 2.75) is 12.3 Å². The van der Waals surface area contributed by atoms with Gasteiger partial charge in [-0.05, 0) is 18.2 Å². The highest BCUT2D eigenvalue weighted by Gasteiger charge is 2.35. The van der Waals surface area contributed by atoms with Gasteiger partial charge in [-0.15, -0.1) is 0 Å². The van der Waals surface area contributed by atoms with E-state index < -0.39 is 28.2 Å². The van der Waals surface area contributed by atoms with Crippen LogP contribution in [0.2, 0.25) is 0 Å². The van der Waals surface area contributed by atoms with Gasteiger partial charge in [0.1, 0.15) is 11.6 Å². The van der Waals surface area contributed by atoms with Crippen LogP contribution in [0.15, 0.2) is 53.3 Å². The van der Waals surface area contributed by atoms with Crippen molar-refractivity contribution in [3.63, 3.8) is 0 Å². The zero-order chi connectivity index (χ0) is 23.5. The van der Waals surface area contributed by atoms with Gasteiger partial charge in [0.05, 0.1) is 29.2 Å². The second-order valence-corrected chi connectivity index (χ2v) is 7.10. The molecule has 4 rings (SSSR count). The van der Waals surface area contributed by atoms with Gasteiger partial charge in [-0.25, -0.2) is 0 Å². The lowest BCUT2D eigenvalue weighted by Gasteiger charge is -2.23. The highest BCUT2D eigenvalue weighted by molar-refractivity contribution is 6.04. The van der Waals surface area contributed by atoms with Crippen molar-refractivity contribution >= 4 is 40.6 Å². The Balaban J connectivity index is 1.64. The van der Waals surface area contributed by atoms with Crippen LogP contribution in [0.5, 0.6) is 5.75 Å². The van der Waals surface area contributed by atoms with E-state index in [9.17, 15) is 24.5 Å². The molecule has 2 aromatic carbocycles. The average Bonchev–Trinajstić information content (AvgIpc) is 2.78. The van der Waals surface area contributed by atoms with Crippen molar-refractivity contribution in [1.29, 1.82) is 0 Å². The van der Waals surface area contributed by atoms with Crippen molar-refractivity contribution in [3.8, 4) is 5.75 Å². The van der Waals surface area contributed by atoms with Gasteiger partial charge in [0, 0.05) is 24.2 Å². The number of nitrogens with zero attached hydrogens (tertiary/aromatic N) is 2. The predicted molar refractivity (Wildman–Crippen MR) is 119 cm³/mol. The van der Waals surface area contributed by atoms with Crippen LogP contribution >= 0.6 is 0 Å². The van der Waals surface area contributed by atoms with Crippen LogP contribution < -0.4 is 26.2 Å². The predicted octanol–water partition coefficient (Wildman–Crippen LogP) is 2.49. The van der Waals surface area contributed by atoms with Gasteiger partial charge < -0.3 is 20.7 Å². The van der Waals surface area contributed by atoms with Crippen LogP contribution in [-0.2, 0) is 9.59 Å². The number of fused-ring (bicyclic) bond motifs is 1. The fraction of sp³-hybridized carbons (Fsp3) is 0.143. The van der Waals surface area contributed by atoms with Gasteiger partial charge in [-0.1, -0.05) is 18.2 Å². The lowest BCUT2D eigenvalue weighted by molar-refractivity contribution is -0.384. The zero-order valence-electron chi connectivity index (χ0n) is 17.2. The molecule has 12 nitrogen and oxygen atoms in total. The molecule has 12 heteroatoms. The number of methoxy groups -OCH3 is 1. The fourth-order valence-corrected chi connectivity index (χ4v) is 3.46. The fourth-order valence-electron chi connectivity index (χ4n) is 3.46. The number of para-hydroxylation sites is 2. The molecule has 0 bridgehead atoms. The monoisotopic (exact) mass is 450 g/mol. The van der Waals surface area contributed by atoms with Gasteiger partial charge in [0.2, 0.25) is 17.8 Å². The summed E-state index contributed by atoms with van der Waals surface area (Å²) in [6.07, 6.45) is -0.280. The lowest BCUT2D eigenvalue weighted by atomic mass is 9.92. The van der Waals surface area contributed by atoms with Gasteiger partial charge in [0.15, 0.2) is 0 Å². The molecule has 1 unspecified atom stereocenters. The number of carbonyl (C=O) groups excluding carboxylic acids is 2. The third-order valence-electron chi connectivity index (χ3n) is 4.95. The van der Waals surface area contributed by atoms with E-state index in [2.05, 4.69) is 25.9 Å². The lowest BCUT2D eigenvalue weighted by Crippen LogP contribution is -2.36. The summed E-state index contributed by atoms with van der Waals surface area (Å²) in [5.74, 6) is -1.79. The van der Waals surface area contributed by atoms with Crippen LogP contribution in [0.3, 0.4) is 0 Å². The molecule has 2 heterocycles.